The molecule has 0 bridgehead atoms. The fraction of sp³-hybridized carbons (Fsp3) is 0.550. The summed E-state index contributed by atoms with van der Waals surface area (Å²) < 4.78 is 0. The predicted molar refractivity (Wildman–Crippen MR) is 98.2 cm³/mol. The molecule has 2 aliphatic rings. The molecule has 1 aromatic rings. The van der Waals surface area contributed by atoms with Crippen LogP contribution in [0.25, 0.3) is 0 Å². The van der Waals surface area contributed by atoms with Gasteiger partial charge in [0.1, 0.15) is 12.1 Å². The summed E-state index contributed by atoms with van der Waals surface area (Å²) in [6, 6.07) is 8.57. The van der Waals surface area contributed by atoms with Crippen LogP contribution in [0.5, 0.6) is 0 Å². The summed E-state index contributed by atoms with van der Waals surface area (Å²) in [6.45, 7) is 7.25. The number of carbonyl (C=O) groups excluding carboxylic acids is 3. The lowest BCUT2D eigenvalue weighted by Crippen LogP contribution is -2.70. The smallest absolute Gasteiger partial charge is 0.246 e. The Kier molecular flexibility index (Phi) is 5.03. The molecule has 0 saturated carbocycles. The van der Waals surface area contributed by atoms with E-state index in [1.54, 1.807) is 9.80 Å². The number of carbonyl (C=O) groups is 3. The third kappa shape index (κ3) is 4.06. The van der Waals surface area contributed by atoms with Crippen molar-refractivity contribution in [3.8, 4) is 0 Å². The molecule has 0 radical (unpaired) electrons. The SMILES string of the molecule is CC(C)(C)CC(=O)N1CCN2C(=O)[C@@H](Cc3ccccc3)NC(=O)[C@@H]2C1. The third-order valence-electron chi connectivity index (χ3n) is 4.90. The summed E-state index contributed by atoms with van der Waals surface area (Å²) in [7, 11) is 0. The lowest BCUT2D eigenvalue weighted by atomic mass is 9.91. The minimum atomic E-state index is -0.577. The highest BCUT2D eigenvalue weighted by Gasteiger charge is 2.44. The van der Waals surface area contributed by atoms with Gasteiger partial charge in [0.05, 0.1) is 6.54 Å². The summed E-state index contributed by atoms with van der Waals surface area (Å²) >= 11 is 0. The summed E-state index contributed by atoms with van der Waals surface area (Å²) in [5.74, 6) is -0.177. The number of amides is 3. The van der Waals surface area contributed by atoms with Crippen LogP contribution in [0.3, 0.4) is 0 Å². The van der Waals surface area contributed by atoms with Gasteiger partial charge in [-0.05, 0) is 11.0 Å². The zero-order valence-electron chi connectivity index (χ0n) is 15.7. The number of fused-ring (bicyclic) bond motifs is 1. The topological polar surface area (TPSA) is 69.7 Å². The molecule has 6 nitrogen and oxygen atoms in total. The highest BCUT2D eigenvalue weighted by atomic mass is 16.2. The maximum Gasteiger partial charge on any atom is 0.246 e. The summed E-state index contributed by atoms with van der Waals surface area (Å²) in [5, 5.41) is 2.85. The van der Waals surface area contributed by atoms with E-state index in [9.17, 15) is 14.4 Å². The lowest BCUT2D eigenvalue weighted by molar-refractivity contribution is -0.156. The number of nitrogens with one attached hydrogen (secondary N) is 1. The molecule has 26 heavy (non-hydrogen) atoms. The van der Waals surface area contributed by atoms with Crippen molar-refractivity contribution in [3.63, 3.8) is 0 Å². The second-order valence-electron chi connectivity index (χ2n) is 8.38. The molecule has 0 aliphatic carbocycles. The van der Waals surface area contributed by atoms with E-state index >= 15 is 0 Å². The minimum Gasteiger partial charge on any atom is -0.342 e. The van der Waals surface area contributed by atoms with Gasteiger partial charge in [0, 0.05) is 25.9 Å². The molecule has 0 unspecified atom stereocenters. The zero-order valence-corrected chi connectivity index (χ0v) is 15.7. The van der Waals surface area contributed by atoms with Crippen molar-refractivity contribution in [3.05, 3.63) is 35.9 Å². The van der Waals surface area contributed by atoms with Crippen LogP contribution < -0.4 is 5.32 Å². The van der Waals surface area contributed by atoms with E-state index in [0.717, 1.165) is 5.56 Å². The van der Waals surface area contributed by atoms with Crippen LogP contribution >= 0.6 is 0 Å². The first-order valence-corrected chi connectivity index (χ1v) is 9.17. The molecule has 1 N–H and O–H groups in total. The van der Waals surface area contributed by atoms with E-state index in [4.69, 9.17) is 0 Å². The molecule has 6 heteroatoms. The molecule has 3 amide bonds. The first-order chi connectivity index (χ1) is 12.2. The van der Waals surface area contributed by atoms with Crippen LogP contribution in [-0.2, 0) is 20.8 Å². The van der Waals surface area contributed by atoms with Gasteiger partial charge >= 0.3 is 0 Å². The first-order valence-electron chi connectivity index (χ1n) is 9.17. The van der Waals surface area contributed by atoms with Crippen molar-refractivity contribution in [1.29, 1.82) is 0 Å². The number of piperazine rings is 2. The number of benzene rings is 1. The Morgan fingerprint density at radius 3 is 2.50 bits per heavy atom. The van der Waals surface area contributed by atoms with Gasteiger partial charge in [-0.1, -0.05) is 51.1 Å². The number of hydrogen-bond donors (Lipinski definition) is 1. The molecule has 2 heterocycles. The second-order valence-corrected chi connectivity index (χ2v) is 8.38. The van der Waals surface area contributed by atoms with Crippen molar-refractivity contribution in [2.24, 2.45) is 5.41 Å². The average Bonchev–Trinajstić information content (AvgIpc) is 2.58. The quantitative estimate of drug-likeness (QED) is 0.884. The van der Waals surface area contributed by atoms with Crippen molar-refractivity contribution in [1.82, 2.24) is 15.1 Å². The Morgan fingerprint density at radius 2 is 1.85 bits per heavy atom. The maximum absolute atomic E-state index is 12.8. The number of rotatable bonds is 3. The molecule has 2 atom stereocenters. The summed E-state index contributed by atoms with van der Waals surface area (Å²) in [4.78, 5) is 41.2. The molecule has 1 aromatic carbocycles. The van der Waals surface area contributed by atoms with E-state index in [1.807, 2.05) is 51.1 Å². The standard InChI is InChI=1S/C20H27N3O3/c1-20(2,3)12-17(24)22-9-10-23-16(13-22)18(25)21-15(19(23)26)11-14-7-5-4-6-8-14/h4-8,15-16H,9-13H2,1-3H3,(H,21,25)/t15-,16+/m1/s1. The highest BCUT2D eigenvalue weighted by molar-refractivity contribution is 5.98. The predicted octanol–water partition coefficient (Wildman–Crippen LogP) is 1.20. The normalized spacial score (nSPS) is 23.5. The molecule has 3 rings (SSSR count). The van der Waals surface area contributed by atoms with Crippen LogP contribution in [0.15, 0.2) is 30.3 Å². The molecule has 2 fully saturated rings. The van der Waals surface area contributed by atoms with Gasteiger partial charge in [0.25, 0.3) is 0 Å². The van der Waals surface area contributed by atoms with Crippen LogP contribution in [0.1, 0.15) is 32.8 Å². The maximum atomic E-state index is 12.8. The Bertz CT molecular complexity index is 696. The van der Waals surface area contributed by atoms with Crippen molar-refractivity contribution in [2.45, 2.75) is 45.7 Å². The molecule has 140 valence electrons. The fourth-order valence-corrected chi connectivity index (χ4v) is 3.58. The molecule has 2 aliphatic heterocycles. The van der Waals surface area contributed by atoms with Crippen molar-refractivity contribution >= 4 is 17.7 Å². The van der Waals surface area contributed by atoms with Crippen molar-refractivity contribution in [2.75, 3.05) is 19.6 Å². The summed E-state index contributed by atoms with van der Waals surface area (Å²) in [5.41, 5.74) is 0.920. The number of hydrogen-bond acceptors (Lipinski definition) is 3. The van der Waals surface area contributed by atoms with Crippen molar-refractivity contribution < 1.29 is 14.4 Å². The number of nitrogens with zero attached hydrogens (tertiary/aromatic N) is 2. The zero-order chi connectivity index (χ0) is 18.9. The first kappa shape index (κ1) is 18.4. The van der Waals surface area contributed by atoms with E-state index in [-0.39, 0.29) is 29.7 Å². The van der Waals surface area contributed by atoms with Gasteiger partial charge in [-0.15, -0.1) is 0 Å². The fourth-order valence-electron chi connectivity index (χ4n) is 3.58. The van der Waals surface area contributed by atoms with Crippen LogP contribution in [0, 0.1) is 5.41 Å². The van der Waals surface area contributed by atoms with Gasteiger partial charge in [0.2, 0.25) is 17.7 Å². The van der Waals surface area contributed by atoms with Crippen LogP contribution in [-0.4, -0.2) is 59.2 Å². The summed E-state index contributed by atoms with van der Waals surface area (Å²) in [6.07, 6.45) is 0.924. The van der Waals surface area contributed by atoms with Crippen LogP contribution in [0.4, 0.5) is 0 Å². The van der Waals surface area contributed by atoms with Gasteiger partial charge in [-0.25, -0.2) is 0 Å². The Morgan fingerprint density at radius 1 is 1.15 bits per heavy atom. The molecule has 2 saturated heterocycles. The molecular formula is C20H27N3O3. The average molecular weight is 357 g/mol. The van der Waals surface area contributed by atoms with Gasteiger partial charge < -0.3 is 15.1 Å². The van der Waals surface area contributed by atoms with E-state index in [2.05, 4.69) is 5.32 Å². The second kappa shape index (κ2) is 7.09. The van der Waals surface area contributed by atoms with E-state index in [0.29, 0.717) is 25.9 Å². The van der Waals surface area contributed by atoms with Gasteiger partial charge in [-0.3, -0.25) is 14.4 Å². The third-order valence-corrected chi connectivity index (χ3v) is 4.90. The van der Waals surface area contributed by atoms with Crippen LogP contribution in [0.2, 0.25) is 0 Å². The Balaban J connectivity index is 1.66. The minimum absolute atomic E-state index is 0.0452. The van der Waals surface area contributed by atoms with Gasteiger partial charge in [0.15, 0.2) is 0 Å². The highest BCUT2D eigenvalue weighted by Crippen LogP contribution is 2.23. The molecule has 0 spiro atoms. The van der Waals surface area contributed by atoms with E-state index in [1.165, 1.54) is 0 Å². The lowest BCUT2D eigenvalue weighted by Gasteiger charge is -2.45. The largest absolute Gasteiger partial charge is 0.342 e. The van der Waals surface area contributed by atoms with Gasteiger partial charge in [-0.2, -0.15) is 0 Å². The molecular weight excluding hydrogens is 330 g/mol. The Hall–Kier alpha value is -2.37. The Labute approximate surface area is 154 Å². The van der Waals surface area contributed by atoms with E-state index < -0.39 is 12.1 Å². The monoisotopic (exact) mass is 357 g/mol. The molecule has 0 aromatic heterocycles.